The smallest absolute Gasteiger partial charge is 0.387 e. The third-order valence-electron chi connectivity index (χ3n) is 2.99. The summed E-state index contributed by atoms with van der Waals surface area (Å²) >= 11 is 5.87. The van der Waals surface area contributed by atoms with Crippen molar-refractivity contribution in [3.05, 3.63) is 28.8 Å². The van der Waals surface area contributed by atoms with Gasteiger partial charge in [0, 0.05) is 23.7 Å². The molecule has 116 valence electrons. The molecule has 1 saturated heterocycles. The highest BCUT2D eigenvalue weighted by Crippen LogP contribution is 2.25. The van der Waals surface area contributed by atoms with Gasteiger partial charge in [-0.25, -0.2) is 4.99 Å². The first-order valence-corrected chi connectivity index (χ1v) is 6.80. The summed E-state index contributed by atoms with van der Waals surface area (Å²) in [7, 11) is 0. The molecule has 1 aliphatic heterocycles. The van der Waals surface area contributed by atoms with Crippen LogP contribution < -0.4 is 10.5 Å². The second kappa shape index (κ2) is 7.42. The second-order valence-electron chi connectivity index (χ2n) is 4.40. The maximum atomic E-state index is 12.4. The number of aliphatic imine (C=N–C) groups is 1. The second-order valence-corrected chi connectivity index (χ2v) is 4.84. The van der Waals surface area contributed by atoms with Crippen molar-refractivity contribution in [3.63, 3.8) is 0 Å². The Morgan fingerprint density at radius 3 is 2.81 bits per heavy atom. The standard InChI is InChI=1S/C13H16ClF2N3O2/c14-10-1-2-11(21-12(15)16)9(7-10)8-18-13(17)19-3-5-20-6-4-19/h1-2,7,12H,3-6,8H2,(H2,17,18). The van der Waals surface area contributed by atoms with Crippen LogP contribution in [0.2, 0.25) is 5.02 Å². The van der Waals surface area contributed by atoms with E-state index in [1.165, 1.54) is 18.2 Å². The molecule has 1 aromatic carbocycles. The fourth-order valence-electron chi connectivity index (χ4n) is 1.94. The zero-order chi connectivity index (χ0) is 15.2. The minimum atomic E-state index is -2.90. The molecule has 1 aromatic rings. The molecular weight excluding hydrogens is 304 g/mol. The number of ether oxygens (including phenoxy) is 2. The fraction of sp³-hybridized carbons (Fsp3) is 0.462. The molecule has 8 heteroatoms. The Balaban J connectivity index is 2.08. The Morgan fingerprint density at radius 1 is 1.43 bits per heavy atom. The summed E-state index contributed by atoms with van der Waals surface area (Å²) in [6, 6.07) is 4.41. The molecule has 0 amide bonds. The van der Waals surface area contributed by atoms with E-state index in [9.17, 15) is 8.78 Å². The highest BCUT2D eigenvalue weighted by Gasteiger charge is 2.13. The van der Waals surface area contributed by atoms with Gasteiger partial charge in [-0.05, 0) is 18.2 Å². The number of morpholine rings is 1. The van der Waals surface area contributed by atoms with Crippen LogP contribution in [0.4, 0.5) is 8.78 Å². The number of rotatable bonds is 4. The molecule has 1 aliphatic rings. The van der Waals surface area contributed by atoms with Crippen LogP contribution >= 0.6 is 11.6 Å². The highest BCUT2D eigenvalue weighted by molar-refractivity contribution is 6.30. The number of nitrogens with zero attached hydrogens (tertiary/aromatic N) is 2. The first-order chi connectivity index (χ1) is 10.1. The third kappa shape index (κ3) is 4.71. The van der Waals surface area contributed by atoms with Crippen LogP contribution in [0.25, 0.3) is 0 Å². The van der Waals surface area contributed by atoms with E-state index < -0.39 is 6.61 Å². The Hall–Kier alpha value is -1.60. The Labute approximate surface area is 126 Å². The van der Waals surface area contributed by atoms with E-state index in [2.05, 4.69) is 9.73 Å². The van der Waals surface area contributed by atoms with Crippen LogP contribution in [0.15, 0.2) is 23.2 Å². The lowest BCUT2D eigenvalue weighted by atomic mass is 10.2. The molecule has 0 unspecified atom stereocenters. The average molecular weight is 320 g/mol. The molecule has 0 saturated carbocycles. The van der Waals surface area contributed by atoms with Crippen molar-refractivity contribution in [2.24, 2.45) is 10.7 Å². The van der Waals surface area contributed by atoms with Gasteiger partial charge in [-0.1, -0.05) is 11.6 Å². The Bertz CT molecular complexity index is 508. The van der Waals surface area contributed by atoms with Crippen LogP contribution in [0.3, 0.4) is 0 Å². The van der Waals surface area contributed by atoms with E-state index in [1.54, 1.807) is 0 Å². The summed E-state index contributed by atoms with van der Waals surface area (Å²) in [5.41, 5.74) is 6.34. The number of nitrogens with two attached hydrogens (primary N) is 1. The van der Waals surface area contributed by atoms with E-state index in [0.29, 0.717) is 42.8 Å². The minimum absolute atomic E-state index is 0.0490. The number of guanidine groups is 1. The van der Waals surface area contributed by atoms with E-state index in [0.717, 1.165) is 0 Å². The predicted octanol–water partition coefficient (Wildman–Crippen LogP) is 2.09. The topological polar surface area (TPSA) is 60.1 Å². The van der Waals surface area contributed by atoms with Crippen molar-refractivity contribution in [1.82, 2.24) is 4.90 Å². The van der Waals surface area contributed by atoms with Crippen molar-refractivity contribution in [2.75, 3.05) is 26.3 Å². The Morgan fingerprint density at radius 2 is 2.14 bits per heavy atom. The lowest BCUT2D eigenvalue weighted by Crippen LogP contribution is -2.44. The van der Waals surface area contributed by atoms with Crippen LogP contribution in [-0.2, 0) is 11.3 Å². The van der Waals surface area contributed by atoms with Crippen molar-refractivity contribution in [2.45, 2.75) is 13.2 Å². The van der Waals surface area contributed by atoms with Gasteiger partial charge in [-0.15, -0.1) is 0 Å². The lowest BCUT2D eigenvalue weighted by Gasteiger charge is -2.27. The molecule has 2 N–H and O–H groups in total. The van der Waals surface area contributed by atoms with Gasteiger partial charge in [0.05, 0.1) is 19.8 Å². The Kier molecular flexibility index (Phi) is 5.58. The highest BCUT2D eigenvalue weighted by atomic mass is 35.5. The summed E-state index contributed by atoms with van der Waals surface area (Å²) in [6.07, 6.45) is 0. The van der Waals surface area contributed by atoms with E-state index in [4.69, 9.17) is 22.1 Å². The van der Waals surface area contributed by atoms with Crippen LogP contribution in [0, 0.1) is 0 Å². The van der Waals surface area contributed by atoms with Crippen LogP contribution in [-0.4, -0.2) is 43.8 Å². The SMILES string of the molecule is NC(=NCc1cc(Cl)ccc1OC(F)F)N1CCOCC1. The molecule has 0 radical (unpaired) electrons. The number of hydrogen-bond acceptors (Lipinski definition) is 3. The fourth-order valence-corrected chi connectivity index (χ4v) is 2.14. The molecule has 0 aromatic heterocycles. The number of halogens is 3. The molecular formula is C13H16ClF2N3O2. The van der Waals surface area contributed by atoms with Crippen molar-refractivity contribution in [3.8, 4) is 5.75 Å². The first-order valence-electron chi connectivity index (χ1n) is 6.42. The molecule has 1 fully saturated rings. The number of hydrogen-bond donors (Lipinski definition) is 1. The predicted molar refractivity (Wildman–Crippen MR) is 75.8 cm³/mol. The van der Waals surface area contributed by atoms with Crippen LogP contribution in [0.5, 0.6) is 5.75 Å². The van der Waals surface area contributed by atoms with E-state index in [1.807, 2.05) is 4.90 Å². The number of alkyl halides is 2. The zero-order valence-electron chi connectivity index (χ0n) is 11.3. The van der Waals surface area contributed by atoms with Gasteiger partial charge >= 0.3 is 6.61 Å². The molecule has 0 bridgehead atoms. The monoisotopic (exact) mass is 319 g/mol. The summed E-state index contributed by atoms with van der Waals surface area (Å²) in [6.45, 7) is -0.284. The van der Waals surface area contributed by atoms with Gasteiger partial charge in [-0.3, -0.25) is 0 Å². The molecule has 0 atom stereocenters. The van der Waals surface area contributed by atoms with E-state index in [-0.39, 0.29) is 12.3 Å². The van der Waals surface area contributed by atoms with Crippen LogP contribution in [0.1, 0.15) is 5.56 Å². The maximum absolute atomic E-state index is 12.4. The molecule has 21 heavy (non-hydrogen) atoms. The van der Waals surface area contributed by atoms with E-state index >= 15 is 0 Å². The summed E-state index contributed by atoms with van der Waals surface area (Å²) in [5.74, 6) is 0.397. The molecule has 0 aliphatic carbocycles. The van der Waals surface area contributed by atoms with Gasteiger partial charge in [-0.2, -0.15) is 8.78 Å². The zero-order valence-corrected chi connectivity index (χ0v) is 12.0. The lowest BCUT2D eigenvalue weighted by molar-refractivity contribution is -0.0504. The molecule has 2 rings (SSSR count). The summed E-state index contributed by atoms with van der Waals surface area (Å²) in [5, 5.41) is 0.423. The van der Waals surface area contributed by atoms with Crippen molar-refractivity contribution in [1.29, 1.82) is 0 Å². The third-order valence-corrected chi connectivity index (χ3v) is 3.22. The minimum Gasteiger partial charge on any atom is -0.434 e. The van der Waals surface area contributed by atoms with Gasteiger partial charge in [0.25, 0.3) is 0 Å². The molecule has 0 spiro atoms. The van der Waals surface area contributed by atoms with Crippen molar-refractivity contribution >= 4 is 17.6 Å². The first kappa shape index (κ1) is 15.8. The normalized spacial score (nSPS) is 16.4. The largest absolute Gasteiger partial charge is 0.434 e. The average Bonchev–Trinajstić information content (AvgIpc) is 2.47. The van der Waals surface area contributed by atoms with Gasteiger partial charge in [0.15, 0.2) is 5.96 Å². The maximum Gasteiger partial charge on any atom is 0.387 e. The quantitative estimate of drug-likeness (QED) is 0.682. The van der Waals surface area contributed by atoms with Gasteiger partial charge in [0.2, 0.25) is 0 Å². The number of benzene rings is 1. The van der Waals surface area contributed by atoms with Crippen molar-refractivity contribution < 1.29 is 18.3 Å². The molecule has 5 nitrogen and oxygen atoms in total. The summed E-state index contributed by atoms with van der Waals surface area (Å²) < 4.78 is 34.4. The summed E-state index contributed by atoms with van der Waals surface area (Å²) in [4.78, 5) is 6.09. The van der Waals surface area contributed by atoms with Gasteiger partial charge < -0.3 is 20.1 Å². The van der Waals surface area contributed by atoms with Gasteiger partial charge in [0.1, 0.15) is 5.75 Å². The molecule has 1 heterocycles.